The van der Waals surface area contributed by atoms with E-state index in [0.717, 1.165) is 16.2 Å². The minimum Gasteiger partial charge on any atom is -0.313 e. The summed E-state index contributed by atoms with van der Waals surface area (Å²) >= 11 is 0. The highest BCUT2D eigenvalue weighted by atomic mass is 31.2. The molecule has 3 rings (SSSR count). The van der Waals surface area contributed by atoms with E-state index < -0.39 is 7.14 Å². The lowest BCUT2D eigenvalue weighted by Gasteiger charge is -2.19. The van der Waals surface area contributed by atoms with Crippen LogP contribution in [0.25, 0.3) is 0 Å². The zero-order valence-corrected chi connectivity index (χ0v) is 13.5. The molecule has 0 aliphatic rings. The molecule has 0 spiro atoms. The molecule has 22 heavy (non-hydrogen) atoms. The van der Waals surface area contributed by atoms with Gasteiger partial charge in [0.2, 0.25) is 0 Å². The van der Waals surface area contributed by atoms with Crippen LogP contribution in [0.15, 0.2) is 84.9 Å². The molecule has 0 atom stereocenters. The zero-order chi connectivity index (χ0) is 15.4. The number of rotatable bonds is 4. The summed E-state index contributed by atoms with van der Waals surface area (Å²) in [4.78, 5) is 0. The molecule has 0 bridgehead atoms. The van der Waals surface area contributed by atoms with E-state index in [9.17, 15) is 4.57 Å². The number of hydrogen-bond acceptors (Lipinski definition) is 1. The largest absolute Gasteiger partial charge is 0.313 e. The minimum atomic E-state index is -2.66. The predicted molar refractivity (Wildman–Crippen MR) is 94.6 cm³/mol. The highest BCUT2D eigenvalue weighted by molar-refractivity contribution is 7.78. The summed E-state index contributed by atoms with van der Waals surface area (Å²) < 4.78 is 13.9. The first kappa shape index (κ1) is 14.8. The van der Waals surface area contributed by atoms with E-state index in [-0.39, 0.29) is 0 Å². The van der Waals surface area contributed by atoms with E-state index in [2.05, 4.69) is 31.2 Å². The highest BCUT2D eigenvalue weighted by Crippen LogP contribution is 2.46. The molecular weight excluding hydrogens is 287 g/mol. The Morgan fingerprint density at radius 1 is 0.682 bits per heavy atom. The molecule has 3 aromatic carbocycles. The summed E-state index contributed by atoms with van der Waals surface area (Å²) in [6.07, 6.45) is 0.557. The summed E-state index contributed by atoms with van der Waals surface area (Å²) in [6.45, 7) is 2.07. The van der Waals surface area contributed by atoms with E-state index in [4.69, 9.17) is 0 Å². The molecule has 0 saturated heterocycles. The third-order valence-corrected chi connectivity index (χ3v) is 6.95. The molecule has 0 radical (unpaired) electrons. The molecule has 3 aromatic rings. The second-order valence-electron chi connectivity index (χ2n) is 5.55. The van der Waals surface area contributed by atoms with Crippen LogP contribution in [0.1, 0.15) is 11.1 Å². The van der Waals surface area contributed by atoms with Gasteiger partial charge in [-0.2, -0.15) is 0 Å². The fourth-order valence-corrected chi connectivity index (χ4v) is 5.32. The number of aryl methyl sites for hydroxylation is 1. The third-order valence-electron chi connectivity index (χ3n) is 3.87. The van der Waals surface area contributed by atoms with Crippen molar-refractivity contribution >= 4 is 17.8 Å². The Labute approximate surface area is 132 Å². The summed E-state index contributed by atoms with van der Waals surface area (Å²) in [5.74, 6) is 0. The van der Waals surface area contributed by atoms with Gasteiger partial charge in [0, 0.05) is 16.8 Å². The van der Waals surface area contributed by atoms with Crippen molar-refractivity contribution in [3.8, 4) is 0 Å². The second kappa shape index (κ2) is 6.34. The molecule has 110 valence electrons. The van der Waals surface area contributed by atoms with Gasteiger partial charge in [0.05, 0.1) is 0 Å². The monoisotopic (exact) mass is 306 g/mol. The number of hydrogen-bond donors (Lipinski definition) is 0. The van der Waals surface area contributed by atoms with Gasteiger partial charge in [-0.1, -0.05) is 90.5 Å². The first-order valence-electron chi connectivity index (χ1n) is 7.44. The highest BCUT2D eigenvalue weighted by Gasteiger charge is 2.27. The van der Waals surface area contributed by atoms with Gasteiger partial charge >= 0.3 is 0 Å². The van der Waals surface area contributed by atoms with E-state index in [0.29, 0.717) is 6.16 Å². The van der Waals surface area contributed by atoms with Gasteiger partial charge in [-0.05, 0) is 12.5 Å². The molecule has 0 heterocycles. The molecule has 0 amide bonds. The lowest BCUT2D eigenvalue weighted by Crippen LogP contribution is -2.17. The molecule has 0 aliphatic carbocycles. The predicted octanol–water partition coefficient (Wildman–Crippen LogP) is 4.51. The van der Waals surface area contributed by atoms with Gasteiger partial charge in [0.25, 0.3) is 0 Å². The number of benzene rings is 3. The fraction of sp³-hybridized carbons (Fsp3) is 0.100. The van der Waals surface area contributed by atoms with Crippen LogP contribution < -0.4 is 10.6 Å². The summed E-state index contributed by atoms with van der Waals surface area (Å²) in [7, 11) is -2.66. The maximum atomic E-state index is 13.9. The molecule has 0 aliphatic heterocycles. The average molecular weight is 306 g/mol. The summed E-state index contributed by atoms with van der Waals surface area (Å²) in [5.41, 5.74) is 2.33. The summed E-state index contributed by atoms with van der Waals surface area (Å²) in [6, 6.07) is 28.0. The maximum Gasteiger partial charge on any atom is 0.147 e. The van der Waals surface area contributed by atoms with Crippen LogP contribution in [-0.4, -0.2) is 0 Å². The van der Waals surface area contributed by atoms with E-state index in [1.807, 2.05) is 60.7 Å². The smallest absolute Gasteiger partial charge is 0.147 e. The molecule has 0 saturated carbocycles. The van der Waals surface area contributed by atoms with Crippen molar-refractivity contribution < 1.29 is 4.57 Å². The minimum absolute atomic E-state index is 0.557. The van der Waals surface area contributed by atoms with Crippen molar-refractivity contribution in [2.75, 3.05) is 0 Å². The standard InChI is InChI=1S/C20H19OP/c1-17-12-14-18(15-13-17)16-22(21,19-8-4-2-5-9-19)20-10-6-3-7-11-20/h2-15H,16H2,1H3. The van der Waals surface area contributed by atoms with Gasteiger partial charge in [-0.25, -0.2) is 0 Å². The van der Waals surface area contributed by atoms with Crippen molar-refractivity contribution in [3.63, 3.8) is 0 Å². The van der Waals surface area contributed by atoms with Crippen LogP contribution in [0.2, 0.25) is 0 Å². The van der Waals surface area contributed by atoms with Gasteiger partial charge < -0.3 is 4.57 Å². The van der Waals surface area contributed by atoms with Crippen molar-refractivity contribution in [1.29, 1.82) is 0 Å². The van der Waals surface area contributed by atoms with Crippen molar-refractivity contribution in [2.24, 2.45) is 0 Å². The Morgan fingerprint density at radius 2 is 1.14 bits per heavy atom. The lowest BCUT2D eigenvalue weighted by molar-refractivity contribution is 0.586. The van der Waals surface area contributed by atoms with E-state index in [1.165, 1.54) is 5.56 Å². The first-order chi connectivity index (χ1) is 10.7. The van der Waals surface area contributed by atoms with Gasteiger partial charge in [0.1, 0.15) is 7.14 Å². The molecule has 1 nitrogen and oxygen atoms in total. The van der Waals surface area contributed by atoms with Gasteiger partial charge in [-0.3, -0.25) is 0 Å². The van der Waals surface area contributed by atoms with Crippen LogP contribution in [0.3, 0.4) is 0 Å². The van der Waals surface area contributed by atoms with Crippen LogP contribution in [0.4, 0.5) is 0 Å². The van der Waals surface area contributed by atoms with Crippen molar-refractivity contribution in [1.82, 2.24) is 0 Å². The maximum absolute atomic E-state index is 13.9. The third kappa shape index (κ3) is 3.05. The van der Waals surface area contributed by atoms with Crippen LogP contribution in [-0.2, 0) is 10.7 Å². The second-order valence-corrected chi connectivity index (χ2v) is 8.38. The SMILES string of the molecule is Cc1ccc(CP(=O)(c2ccccc2)c2ccccc2)cc1. The lowest BCUT2D eigenvalue weighted by atomic mass is 10.2. The first-order valence-corrected chi connectivity index (χ1v) is 9.33. The Balaban J connectivity index is 2.08. The fourth-order valence-electron chi connectivity index (χ4n) is 2.62. The Morgan fingerprint density at radius 3 is 1.59 bits per heavy atom. The zero-order valence-electron chi connectivity index (χ0n) is 12.6. The van der Waals surface area contributed by atoms with E-state index >= 15 is 0 Å². The molecule has 2 heteroatoms. The Hall–Kier alpha value is -2.11. The Kier molecular flexibility index (Phi) is 4.27. The average Bonchev–Trinajstić information content (AvgIpc) is 2.58. The molecule has 0 aromatic heterocycles. The Bertz CT molecular complexity index is 733. The van der Waals surface area contributed by atoms with Crippen LogP contribution in [0, 0.1) is 6.92 Å². The topological polar surface area (TPSA) is 17.1 Å². The van der Waals surface area contributed by atoms with Crippen molar-refractivity contribution in [3.05, 3.63) is 96.1 Å². The van der Waals surface area contributed by atoms with Crippen molar-refractivity contribution in [2.45, 2.75) is 13.1 Å². The molecule has 0 unspecified atom stereocenters. The molecule has 0 N–H and O–H groups in total. The van der Waals surface area contributed by atoms with E-state index in [1.54, 1.807) is 0 Å². The summed E-state index contributed by atoms with van der Waals surface area (Å²) in [5, 5.41) is 1.84. The molecule has 0 fully saturated rings. The quantitative estimate of drug-likeness (QED) is 0.648. The van der Waals surface area contributed by atoms with Gasteiger partial charge in [-0.15, -0.1) is 0 Å². The normalized spacial score (nSPS) is 11.3. The van der Waals surface area contributed by atoms with Crippen LogP contribution in [0.5, 0.6) is 0 Å². The van der Waals surface area contributed by atoms with Gasteiger partial charge in [0.15, 0.2) is 0 Å². The molecular formula is C20H19OP. The van der Waals surface area contributed by atoms with Crippen LogP contribution >= 0.6 is 7.14 Å².